The Hall–Kier alpha value is -1.93. The molecular weight excluding hydrogens is 332 g/mol. The van der Waals surface area contributed by atoms with Crippen molar-refractivity contribution in [2.24, 2.45) is 23.7 Å². The number of hydrogen-bond donors (Lipinski definition) is 0. The summed E-state index contributed by atoms with van der Waals surface area (Å²) >= 11 is 1.52. The van der Waals surface area contributed by atoms with Crippen LogP contribution in [0.5, 0.6) is 0 Å². The normalized spacial score (nSPS) is 33.2. The number of aryl methyl sites for hydroxylation is 1. The third kappa shape index (κ3) is 2.04. The van der Waals surface area contributed by atoms with E-state index in [0.717, 1.165) is 37.7 Å². The maximum absolute atomic E-state index is 13.1. The van der Waals surface area contributed by atoms with E-state index in [2.05, 4.69) is 18.2 Å². The first-order valence-electron chi connectivity index (χ1n) is 9.31. The van der Waals surface area contributed by atoms with Gasteiger partial charge >= 0.3 is 0 Å². The number of fused-ring (bicyclic) bond motifs is 6. The van der Waals surface area contributed by atoms with Gasteiger partial charge in [-0.15, -0.1) is 11.3 Å². The minimum absolute atomic E-state index is 0.0717. The molecule has 2 bridgehead atoms. The van der Waals surface area contributed by atoms with Gasteiger partial charge in [-0.2, -0.15) is 5.26 Å². The molecule has 2 heterocycles. The van der Waals surface area contributed by atoms with Gasteiger partial charge in [0, 0.05) is 4.88 Å². The van der Waals surface area contributed by atoms with Crippen LogP contribution >= 0.6 is 11.3 Å². The van der Waals surface area contributed by atoms with Crippen molar-refractivity contribution in [3.8, 4) is 6.07 Å². The van der Waals surface area contributed by atoms with Crippen LogP contribution in [0.25, 0.3) is 0 Å². The molecule has 4 atom stereocenters. The number of allylic oxidation sites excluding steroid dienone is 2. The smallest absolute Gasteiger partial charge is 0.238 e. The van der Waals surface area contributed by atoms with Crippen molar-refractivity contribution in [1.82, 2.24) is 0 Å². The number of carbonyl (C=O) groups excluding carboxylic acids is 2. The molecule has 4 nitrogen and oxygen atoms in total. The highest BCUT2D eigenvalue weighted by Gasteiger charge is 2.60. The van der Waals surface area contributed by atoms with Gasteiger partial charge in [0.25, 0.3) is 0 Å². The lowest BCUT2D eigenvalue weighted by Crippen LogP contribution is -2.32. The van der Waals surface area contributed by atoms with Crippen LogP contribution in [0.15, 0.2) is 12.2 Å². The van der Waals surface area contributed by atoms with Crippen molar-refractivity contribution in [2.45, 2.75) is 44.9 Å². The van der Waals surface area contributed by atoms with Crippen LogP contribution in [0.2, 0.25) is 0 Å². The van der Waals surface area contributed by atoms with Crippen molar-refractivity contribution in [2.75, 3.05) is 4.90 Å². The van der Waals surface area contributed by atoms with Gasteiger partial charge in [-0.1, -0.05) is 25.0 Å². The molecule has 1 aromatic rings. The highest BCUT2D eigenvalue weighted by atomic mass is 32.1. The number of imide groups is 1. The molecular formula is C20H20N2O2S. The number of nitriles is 1. The molecule has 2 amide bonds. The lowest BCUT2D eigenvalue weighted by Gasteiger charge is -2.15. The van der Waals surface area contributed by atoms with Gasteiger partial charge in [-0.3, -0.25) is 9.59 Å². The molecule has 0 N–H and O–H groups in total. The Morgan fingerprint density at radius 2 is 1.64 bits per heavy atom. The van der Waals surface area contributed by atoms with Crippen LogP contribution in [0.4, 0.5) is 5.00 Å². The zero-order valence-electron chi connectivity index (χ0n) is 14.0. The second-order valence-corrected chi connectivity index (χ2v) is 8.81. The van der Waals surface area contributed by atoms with E-state index in [4.69, 9.17) is 0 Å². The fourth-order valence-corrected chi connectivity index (χ4v) is 6.63. The van der Waals surface area contributed by atoms with Gasteiger partial charge in [0.2, 0.25) is 11.8 Å². The standard InChI is InChI=1S/C20H20N2O2S/c21-10-14-13-5-3-1-2-4-6-15(13)25-20(14)22-18(23)16-11-7-8-12(9-11)17(16)19(22)24/h7-8,11-12,16-17H,1-6,9H2/t11-,12+,16-,17-/m0/s1. The van der Waals surface area contributed by atoms with Gasteiger partial charge < -0.3 is 0 Å². The molecule has 1 aromatic heterocycles. The summed E-state index contributed by atoms with van der Waals surface area (Å²) in [6, 6.07) is 2.32. The van der Waals surface area contributed by atoms with E-state index in [-0.39, 0.29) is 35.5 Å². The van der Waals surface area contributed by atoms with Crippen LogP contribution in [0.1, 0.15) is 48.1 Å². The first kappa shape index (κ1) is 15.3. The summed E-state index contributed by atoms with van der Waals surface area (Å²) in [6.45, 7) is 0. The average Bonchev–Trinajstić information content (AvgIpc) is 3.31. The molecule has 1 saturated carbocycles. The van der Waals surface area contributed by atoms with Gasteiger partial charge in [0.15, 0.2) is 0 Å². The van der Waals surface area contributed by atoms with Crippen molar-refractivity contribution < 1.29 is 9.59 Å². The van der Waals surface area contributed by atoms with Crippen LogP contribution in [0.3, 0.4) is 0 Å². The highest BCUT2D eigenvalue weighted by molar-refractivity contribution is 7.17. The second kappa shape index (κ2) is 5.54. The van der Waals surface area contributed by atoms with Crippen LogP contribution < -0.4 is 4.90 Å². The van der Waals surface area contributed by atoms with E-state index in [1.54, 1.807) is 0 Å². The summed E-state index contributed by atoms with van der Waals surface area (Å²) < 4.78 is 0. The first-order valence-corrected chi connectivity index (χ1v) is 10.1. The number of anilines is 1. The maximum Gasteiger partial charge on any atom is 0.238 e. The molecule has 0 radical (unpaired) electrons. The molecule has 128 valence electrons. The van der Waals surface area contributed by atoms with E-state index < -0.39 is 0 Å². The molecule has 5 rings (SSSR count). The molecule has 5 heteroatoms. The van der Waals surface area contributed by atoms with Crippen LogP contribution in [-0.2, 0) is 22.4 Å². The van der Waals surface area contributed by atoms with Gasteiger partial charge in [-0.25, -0.2) is 4.90 Å². The summed E-state index contributed by atoms with van der Waals surface area (Å²) in [5.74, 6) is -0.112. The number of hydrogen-bond acceptors (Lipinski definition) is 4. The summed E-state index contributed by atoms with van der Waals surface area (Å²) in [5.41, 5.74) is 1.69. The Balaban J connectivity index is 1.58. The second-order valence-electron chi connectivity index (χ2n) is 7.72. The molecule has 25 heavy (non-hydrogen) atoms. The van der Waals surface area contributed by atoms with E-state index >= 15 is 0 Å². The van der Waals surface area contributed by atoms with Crippen LogP contribution in [-0.4, -0.2) is 11.8 Å². The molecule has 2 fully saturated rings. The fourth-order valence-electron chi connectivity index (χ4n) is 5.28. The largest absolute Gasteiger partial charge is 0.274 e. The topological polar surface area (TPSA) is 61.2 Å². The lowest BCUT2D eigenvalue weighted by atomic mass is 9.85. The Kier molecular flexibility index (Phi) is 3.40. The predicted octanol–water partition coefficient (Wildman–Crippen LogP) is 3.59. The van der Waals surface area contributed by atoms with E-state index in [9.17, 15) is 14.9 Å². The van der Waals surface area contributed by atoms with Crippen molar-refractivity contribution >= 4 is 28.2 Å². The zero-order valence-corrected chi connectivity index (χ0v) is 14.8. The fraction of sp³-hybridized carbons (Fsp3) is 0.550. The Labute approximate surface area is 151 Å². The SMILES string of the molecule is N#Cc1c(N2C(=O)[C@@H]3[C@@H](C2=O)[C@H]2C=C[C@@H]3C2)sc2c1CCCCCC2. The minimum Gasteiger partial charge on any atom is -0.274 e. The van der Waals surface area contributed by atoms with Crippen molar-refractivity contribution in [3.63, 3.8) is 0 Å². The van der Waals surface area contributed by atoms with Gasteiger partial charge in [0.1, 0.15) is 11.1 Å². The summed E-state index contributed by atoms with van der Waals surface area (Å²) in [5, 5.41) is 10.4. The third-order valence-electron chi connectivity index (χ3n) is 6.44. The first-order chi connectivity index (χ1) is 12.2. The lowest BCUT2D eigenvalue weighted by molar-refractivity contribution is -0.123. The number of rotatable bonds is 1. The Morgan fingerprint density at radius 3 is 2.28 bits per heavy atom. The summed E-state index contributed by atoms with van der Waals surface area (Å²) in [6.07, 6.45) is 11.6. The van der Waals surface area contributed by atoms with Gasteiger partial charge in [-0.05, 0) is 49.5 Å². The van der Waals surface area contributed by atoms with Gasteiger partial charge in [0.05, 0.1) is 17.4 Å². The molecule has 0 aromatic carbocycles. The number of nitrogens with zero attached hydrogens (tertiary/aromatic N) is 2. The van der Waals surface area contributed by atoms with E-state index in [0.29, 0.717) is 10.6 Å². The summed E-state index contributed by atoms with van der Waals surface area (Å²) in [4.78, 5) is 28.7. The Morgan fingerprint density at radius 1 is 1.00 bits per heavy atom. The highest BCUT2D eigenvalue weighted by Crippen LogP contribution is 2.54. The molecule has 0 unspecified atom stereocenters. The van der Waals surface area contributed by atoms with E-state index in [1.807, 2.05) is 0 Å². The Bertz CT molecular complexity index is 817. The summed E-state index contributed by atoms with van der Waals surface area (Å²) in [7, 11) is 0. The predicted molar refractivity (Wildman–Crippen MR) is 95.1 cm³/mol. The van der Waals surface area contributed by atoms with Crippen molar-refractivity contribution in [1.29, 1.82) is 5.26 Å². The minimum atomic E-state index is -0.196. The molecule has 1 saturated heterocycles. The maximum atomic E-state index is 13.1. The monoisotopic (exact) mass is 352 g/mol. The number of amides is 2. The third-order valence-corrected chi connectivity index (χ3v) is 7.71. The molecule has 4 aliphatic rings. The average molecular weight is 352 g/mol. The zero-order chi connectivity index (χ0) is 17.1. The van der Waals surface area contributed by atoms with Crippen molar-refractivity contribution in [3.05, 3.63) is 28.2 Å². The van der Waals surface area contributed by atoms with Crippen LogP contribution in [0, 0.1) is 35.0 Å². The number of carbonyl (C=O) groups is 2. The molecule has 3 aliphatic carbocycles. The molecule has 0 spiro atoms. The van der Waals surface area contributed by atoms with E-state index in [1.165, 1.54) is 34.0 Å². The molecule has 1 aliphatic heterocycles. The quantitative estimate of drug-likeness (QED) is 0.573. The number of thiophene rings is 1.